The third-order valence-corrected chi connectivity index (χ3v) is 4.06. The summed E-state index contributed by atoms with van der Waals surface area (Å²) >= 11 is 4.86. The Morgan fingerprint density at radius 2 is 2.20 bits per heavy atom. The SMILES string of the molecule is NC(=S)c1ccc(C(=O)NC2CCOC2C2CC2)nc1. The van der Waals surface area contributed by atoms with Gasteiger partial charge >= 0.3 is 0 Å². The molecule has 1 aliphatic heterocycles. The number of carbonyl (C=O) groups excluding carboxylic acids is 1. The van der Waals surface area contributed by atoms with E-state index in [9.17, 15) is 4.79 Å². The highest BCUT2D eigenvalue weighted by atomic mass is 32.1. The molecule has 0 radical (unpaired) electrons. The lowest BCUT2D eigenvalue weighted by molar-refractivity contribution is 0.0727. The van der Waals surface area contributed by atoms with Gasteiger partial charge in [-0.2, -0.15) is 0 Å². The van der Waals surface area contributed by atoms with Gasteiger partial charge in [-0.3, -0.25) is 9.78 Å². The van der Waals surface area contributed by atoms with Crippen molar-refractivity contribution in [1.82, 2.24) is 10.3 Å². The van der Waals surface area contributed by atoms with Gasteiger partial charge in [0.25, 0.3) is 5.91 Å². The molecule has 0 spiro atoms. The molecule has 2 heterocycles. The minimum absolute atomic E-state index is 0.104. The van der Waals surface area contributed by atoms with E-state index >= 15 is 0 Å². The van der Waals surface area contributed by atoms with Crippen LogP contribution in [-0.4, -0.2) is 34.6 Å². The molecule has 1 aromatic heterocycles. The lowest BCUT2D eigenvalue weighted by atomic mass is 10.1. The Bertz CT molecular complexity index is 528. The van der Waals surface area contributed by atoms with Crippen molar-refractivity contribution in [3.63, 3.8) is 0 Å². The lowest BCUT2D eigenvalue weighted by Gasteiger charge is -2.19. The number of nitrogens with zero attached hydrogens (tertiary/aromatic N) is 1. The van der Waals surface area contributed by atoms with Gasteiger partial charge in [-0.05, 0) is 37.3 Å². The number of rotatable bonds is 4. The van der Waals surface area contributed by atoms with Gasteiger partial charge in [0.1, 0.15) is 10.7 Å². The van der Waals surface area contributed by atoms with Crippen LogP contribution in [0.15, 0.2) is 18.3 Å². The van der Waals surface area contributed by atoms with Gasteiger partial charge in [0.15, 0.2) is 0 Å². The standard InChI is InChI=1S/C14H17N3O2S/c15-13(20)9-3-4-11(16-7-9)14(18)17-10-5-6-19-12(10)8-1-2-8/h3-4,7-8,10,12H,1-2,5-6H2,(H2,15,20)(H,17,18). The number of nitrogens with one attached hydrogen (secondary N) is 1. The predicted molar refractivity (Wildman–Crippen MR) is 78.5 cm³/mol. The molecule has 1 aliphatic carbocycles. The summed E-state index contributed by atoms with van der Waals surface area (Å²) in [5, 5.41) is 3.02. The van der Waals surface area contributed by atoms with Gasteiger partial charge < -0.3 is 15.8 Å². The number of aromatic nitrogens is 1. The molecular weight excluding hydrogens is 274 g/mol. The van der Waals surface area contributed by atoms with Crippen LogP contribution in [0.4, 0.5) is 0 Å². The first-order valence-electron chi connectivity index (χ1n) is 6.83. The second-order valence-electron chi connectivity index (χ2n) is 5.34. The molecule has 1 aromatic rings. The minimum Gasteiger partial charge on any atom is -0.389 e. The first-order chi connectivity index (χ1) is 9.65. The maximum absolute atomic E-state index is 12.2. The van der Waals surface area contributed by atoms with Crippen LogP contribution in [-0.2, 0) is 4.74 Å². The summed E-state index contributed by atoms with van der Waals surface area (Å²) < 4.78 is 5.71. The minimum atomic E-state index is -0.166. The van der Waals surface area contributed by atoms with E-state index in [1.54, 1.807) is 12.1 Å². The largest absolute Gasteiger partial charge is 0.389 e. The number of carbonyl (C=O) groups is 1. The molecule has 20 heavy (non-hydrogen) atoms. The summed E-state index contributed by atoms with van der Waals surface area (Å²) in [5.74, 6) is 0.452. The van der Waals surface area contributed by atoms with Crippen LogP contribution in [0.25, 0.3) is 0 Å². The number of hydrogen-bond acceptors (Lipinski definition) is 4. The average Bonchev–Trinajstić information content (AvgIpc) is 3.19. The van der Waals surface area contributed by atoms with Crippen LogP contribution >= 0.6 is 12.2 Å². The Morgan fingerprint density at radius 3 is 2.80 bits per heavy atom. The third-order valence-electron chi connectivity index (χ3n) is 3.82. The number of nitrogens with two attached hydrogens (primary N) is 1. The molecule has 2 atom stereocenters. The fourth-order valence-electron chi connectivity index (χ4n) is 2.57. The molecule has 3 N–H and O–H groups in total. The van der Waals surface area contributed by atoms with E-state index in [2.05, 4.69) is 10.3 Å². The van der Waals surface area contributed by atoms with Crippen LogP contribution in [0.3, 0.4) is 0 Å². The predicted octanol–water partition coefficient (Wildman–Crippen LogP) is 1.01. The lowest BCUT2D eigenvalue weighted by Crippen LogP contribution is -2.41. The van der Waals surface area contributed by atoms with E-state index in [4.69, 9.17) is 22.7 Å². The summed E-state index contributed by atoms with van der Waals surface area (Å²) in [7, 11) is 0. The molecule has 0 bridgehead atoms. The second-order valence-corrected chi connectivity index (χ2v) is 5.78. The fourth-order valence-corrected chi connectivity index (χ4v) is 2.69. The van der Waals surface area contributed by atoms with Crippen LogP contribution in [0.2, 0.25) is 0 Å². The van der Waals surface area contributed by atoms with E-state index < -0.39 is 0 Å². The van der Waals surface area contributed by atoms with Crippen molar-refractivity contribution in [2.75, 3.05) is 6.61 Å². The van der Waals surface area contributed by atoms with Gasteiger partial charge in [0.05, 0.1) is 12.1 Å². The van der Waals surface area contributed by atoms with E-state index in [0.29, 0.717) is 17.2 Å². The van der Waals surface area contributed by atoms with E-state index in [1.165, 1.54) is 19.0 Å². The Kier molecular flexibility index (Phi) is 3.67. The fraction of sp³-hybridized carbons (Fsp3) is 0.500. The van der Waals surface area contributed by atoms with Crippen molar-refractivity contribution in [2.24, 2.45) is 11.7 Å². The van der Waals surface area contributed by atoms with Crippen molar-refractivity contribution in [3.8, 4) is 0 Å². The van der Waals surface area contributed by atoms with Crippen LogP contribution in [0.1, 0.15) is 35.3 Å². The molecule has 2 aliphatic rings. The molecule has 5 nitrogen and oxygen atoms in total. The maximum atomic E-state index is 12.2. The Labute approximate surface area is 122 Å². The highest BCUT2D eigenvalue weighted by Crippen LogP contribution is 2.38. The zero-order valence-corrected chi connectivity index (χ0v) is 11.9. The molecule has 106 valence electrons. The first-order valence-corrected chi connectivity index (χ1v) is 7.24. The normalized spacial score (nSPS) is 25.4. The van der Waals surface area contributed by atoms with E-state index in [-0.39, 0.29) is 23.0 Å². The Balaban J connectivity index is 1.64. The highest BCUT2D eigenvalue weighted by Gasteiger charge is 2.41. The summed E-state index contributed by atoms with van der Waals surface area (Å²) in [6.07, 6.45) is 4.99. The number of amides is 1. The Morgan fingerprint density at radius 1 is 1.40 bits per heavy atom. The Hall–Kier alpha value is -1.53. The van der Waals surface area contributed by atoms with Crippen LogP contribution < -0.4 is 11.1 Å². The number of thiocarbonyl (C=S) groups is 1. The van der Waals surface area contributed by atoms with Crippen molar-refractivity contribution in [2.45, 2.75) is 31.4 Å². The molecule has 2 fully saturated rings. The molecule has 1 amide bonds. The summed E-state index contributed by atoms with van der Waals surface area (Å²) in [6, 6.07) is 3.46. The molecule has 1 saturated carbocycles. The molecular formula is C14H17N3O2S. The number of pyridine rings is 1. The third kappa shape index (κ3) is 2.81. The smallest absolute Gasteiger partial charge is 0.270 e. The van der Waals surface area contributed by atoms with E-state index in [0.717, 1.165) is 13.0 Å². The van der Waals surface area contributed by atoms with Gasteiger partial charge in [-0.25, -0.2) is 0 Å². The van der Waals surface area contributed by atoms with Crippen LogP contribution in [0, 0.1) is 5.92 Å². The van der Waals surface area contributed by atoms with Crippen molar-refractivity contribution >= 4 is 23.1 Å². The molecule has 2 unspecified atom stereocenters. The molecule has 3 rings (SSSR count). The first kappa shape index (κ1) is 13.5. The van der Waals surface area contributed by atoms with Crippen molar-refractivity contribution in [1.29, 1.82) is 0 Å². The molecule has 0 aromatic carbocycles. The zero-order valence-electron chi connectivity index (χ0n) is 11.0. The summed E-state index contributed by atoms with van der Waals surface area (Å²) in [4.78, 5) is 16.6. The maximum Gasteiger partial charge on any atom is 0.270 e. The van der Waals surface area contributed by atoms with Crippen molar-refractivity contribution in [3.05, 3.63) is 29.6 Å². The second kappa shape index (κ2) is 5.46. The van der Waals surface area contributed by atoms with Crippen molar-refractivity contribution < 1.29 is 9.53 Å². The van der Waals surface area contributed by atoms with Gasteiger partial charge in [-0.1, -0.05) is 12.2 Å². The quantitative estimate of drug-likeness (QED) is 0.810. The zero-order chi connectivity index (χ0) is 14.1. The molecule has 6 heteroatoms. The van der Waals surface area contributed by atoms with Gasteiger partial charge in [0.2, 0.25) is 0 Å². The van der Waals surface area contributed by atoms with Gasteiger partial charge in [0, 0.05) is 18.4 Å². The van der Waals surface area contributed by atoms with E-state index in [1.807, 2.05) is 0 Å². The number of ether oxygens (including phenoxy) is 1. The monoisotopic (exact) mass is 291 g/mol. The highest BCUT2D eigenvalue weighted by molar-refractivity contribution is 7.80. The number of hydrogen-bond donors (Lipinski definition) is 2. The summed E-state index contributed by atoms with van der Waals surface area (Å²) in [6.45, 7) is 0.722. The molecule has 1 saturated heterocycles. The van der Waals surface area contributed by atoms with Crippen LogP contribution in [0.5, 0.6) is 0 Å². The van der Waals surface area contributed by atoms with Gasteiger partial charge in [-0.15, -0.1) is 0 Å². The topological polar surface area (TPSA) is 77.2 Å². The summed E-state index contributed by atoms with van der Waals surface area (Å²) in [5.41, 5.74) is 6.55. The average molecular weight is 291 g/mol.